The van der Waals surface area contributed by atoms with Gasteiger partial charge < -0.3 is 19.7 Å². The molecule has 1 heterocycles. The number of nitrogens with zero attached hydrogens (tertiary/aromatic N) is 1. The van der Waals surface area contributed by atoms with E-state index in [2.05, 4.69) is 5.32 Å². The van der Waals surface area contributed by atoms with Crippen LogP contribution in [0.25, 0.3) is 10.8 Å². The Balaban J connectivity index is 1.90. The van der Waals surface area contributed by atoms with Gasteiger partial charge in [0.15, 0.2) is 6.61 Å². The number of amides is 2. The summed E-state index contributed by atoms with van der Waals surface area (Å²) in [7, 11) is 0. The van der Waals surface area contributed by atoms with Gasteiger partial charge in [0.1, 0.15) is 5.75 Å². The average molecular weight is 384 g/mol. The maximum absolute atomic E-state index is 13.3. The van der Waals surface area contributed by atoms with Crippen LogP contribution in [0.3, 0.4) is 0 Å². The molecule has 2 atom stereocenters. The number of morpholine rings is 1. The molecule has 2 amide bonds. The first kappa shape index (κ1) is 20.1. The van der Waals surface area contributed by atoms with Crippen LogP contribution in [0, 0.1) is 0 Å². The number of carbonyl (C=O) groups excluding carboxylic acids is 2. The number of rotatable bonds is 5. The minimum absolute atomic E-state index is 0.0191. The van der Waals surface area contributed by atoms with Gasteiger partial charge in [0, 0.05) is 19.1 Å². The summed E-state index contributed by atoms with van der Waals surface area (Å²) in [6, 6.07) is 11.5. The van der Waals surface area contributed by atoms with Crippen LogP contribution in [0.5, 0.6) is 5.75 Å². The largest absolute Gasteiger partial charge is 0.483 e. The van der Waals surface area contributed by atoms with E-state index in [4.69, 9.17) is 9.47 Å². The van der Waals surface area contributed by atoms with E-state index in [1.54, 1.807) is 4.90 Å². The molecule has 6 nitrogen and oxygen atoms in total. The maximum Gasteiger partial charge on any atom is 0.258 e. The summed E-state index contributed by atoms with van der Waals surface area (Å²) in [6.45, 7) is 8.64. The van der Waals surface area contributed by atoms with Crippen molar-refractivity contribution in [2.75, 3.05) is 19.7 Å². The zero-order valence-corrected chi connectivity index (χ0v) is 16.9. The molecular weight excluding hydrogens is 356 g/mol. The Morgan fingerprint density at radius 1 is 1.14 bits per heavy atom. The summed E-state index contributed by atoms with van der Waals surface area (Å²) < 4.78 is 11.5. The second kappa shape index (κ2) is 8.61. The van der Waals surface area contributed by atoms with E-state index in [0.717, 1.165) is 10.8 Å². The predicted octanol–water partition coefficient (Wildman–Crippen LogP) is 2.99. The highest BCUT2D eigenvalue weighted by Crippen LogP contribution is 2.28. The molecule has 1 fully saturated rings. The highest BCUT2D eigenvalue weighted by Gasteiger charge is 2.28. The topological polar surface area (TPSA) is 67.9 Å². The smallest absolute Gasteiger partial charge is 0.258 e. The summed E-state index contributed by atoms with van der Waals surface area (Å²) >= 11 is 0. The molecule has 6 heteroatoms. The van der Waals surface area contributed by atoms with Crippen molar-refractivity contribution >= 4 is 22.6 Å². The van der Waals surface area contributed by atoms with Crippen LogP contribution in [0.4, 0.5) is 0 Å². The quantitative estimate of drug-likeness (QED) is 0.861. The lowest BCUT2D eigenvalue weighted by atomic mass is 10.0. The van der Waals surface area contributed by atoms with Crippen LogP contribution in [0.2, 0.25) is 0 Å². The molecule has 1 aliphatic rings. The molecule has 2 unspecified atom stereocenters. The molecule has 28 heavy (non-hydrogen) atoms. The Morgan fingerprint density at radius 3 is 2.36 bits per heavy atom. The second-order valence-corrected chi connectivity index (χ2v) is 7.67. The molecular formula is C22H28N2O4. The molecule has 1 saturated heterocycles. The Labute approximate surface area is 165 Å². The fourth-order valence-electron chi connectivity index (χ4n) is 3.53. The zero-order chi connectivity index (χ0) is 20.3. The molecule has 3 rings (SSSR count). The number of benzene rings is 2. The first-order valence-electron chi connectivity index (χ1n) is 9.73. The Kier molecular flexibility index (Phi) is 6.19. The van der Waals surface area contributed by atoms with Crippen molar-refractivity contribution in [3.63, 3.8) is 0 Å². The molecule has 0 spiro atoms. The summed E-state index contributed by atoms with van der Waals surface area (Å²) in [5, 5.41) is 4.72. The Morgan fingerprint density at radius 2 is 1.75 bits per heavy atom. The number of hydrogen-bond donors (Lipinski definition) is 1. The molecule has 0 bridgehead atoms. The van der Waals surface area contributed by atoms with Gasteiger partial charge in [-0.3, -0.25) is 9.59 Å². The summed E-state index contributed by atoms with van der Waals surface area (Å²) in [4.78, 5) is 27.1. The lowest BCUT2D eigenvalue weighted by molar-refractivity contribution is -0.123. The fourth-order valence-corrected chi connectivity index (χ4v) is 3.53. The zero-order valence-electron chi connectivity index (χ0n) is 16.9. The summed E-state index contributed by atoms with van der Waals surface area (Å²) in [5.74, 6) is 0.108. The van der Waals surface area contributed by atoms with E-state index in [1.165, 1.54) is 0 Å². The SMILES string of the molecule is CC(C)NC(=O)COc1cc2ccccc2cc1C(=O)N1CC(C)OC(C)C1. The molecule has 0 aromatic heterocycles. The van der Waals surface area contributed by atoms with Gasteiger partial charge >= 0.3 is 0 Å². The van der Waals surface area contributed by atoms with Crippen LogP contribution in [-0.2, 0) is 9.53 Å². The molecule has 2 aromatic carbocycles. The molecule has 1 aliphatic heterocycles. The van der Waals surface area contributed by atoms with Crippen molar-refractivity contribution in [3.05, 3.63) is 42.0 Å². The summed E-state index contributed by atoms with van der Waals surface area (Å²) in [5.41, 5.74) is 0.470. The molecule has 2 aromatic rings. The van der Waals surface area contributed by atoms with Crippen molar-refractivity contribution in [1.29, 1.82) is 0 Å². The molecule has 0 aliphatic carbocycles. The number of hydrogen-bond acceptors (Lipinski definition) is 4. The molecule has 0 radical (unpaired) electrons. The van der Waals surface area contributed by atoms with Crippen LogP contribution in [0.15, 0.2) is 36.4 Å². The average Bonchev–Trinajstić information content (AvgIpc) is 2.63. The molecule has 1 N–H and O–H groups in total. The van der Waals surface area contributed by atoms with Crippen LogP contribution in [-0.4, -0.2) is 54.7 Å². The monoisotopic (exact) mass is 384 g/mol. The molecule has 150 valence electrons. The van der Waals surface area contributed by atoms with Crippen molar-refractivity contribution in [2.45, 2.75) is 45.9 Å². The Hall–Kier alpha value is -2.60. The lowest BCUT2D eigenvalue weighted by Gasteiger charge is -2.35. The van der Waals surface area contributed by atoms with E-state index in [-0.39, 0.29) is 36.7 Å². The van der Waals surface area contributed by atoms with Gasteiger partial charge in [-0.1, -0.05) is 24.3 Å². The Bertz CT molecular complexity index is 855. The first-order valence-corrected chi connectivity index (χ1v) is 9.73. The first-order chi connectivity index (χ1) is 13.3. The number of carbonyl (C=O) groups is 2. The van der Waals surface area contributed by atoms with E-state index >= 15 is 0 Å². The number of ether oxygens (including phenoxy) is 2. The third kappa shape index (κ3) is 4.81. The summed E-state index contributed by atoms with van der Waals surface area (Å²) in [6.07, 6.45) is -0.0383. The van der Waals surface area contributed by atoms with Crippen LogP contribution in [0.1, 0.15) is 38.1 Å². The maximum atomic E-state index is 13.3. The van der Waals surface area contributed by atoms with Crippen LogP contribution < -0.4 is 10.1 Å². The minimum Gasteiger partial charge on any atom is -0.483 e. The normalized spacial score (nSPS) is 19.7. The van der Waals surface area contributed by atoms with Gasteiger partial charge in [0.05, 0.1) is 17.8 Å². The highest BCUT2D eigenvalue weighted by atomic mass is 16.5. The van der Waals surface area contributed by atoms with Gasteiger partial charge in [-0.25, -0.2) is 0 Å². The van der Waals surface area contributed by atoms with Crippen molar-refractivity contribution in [3.8, 4) is 5.75 Å². The number of fused-ring (bicyclic) bond motifs is 1. The fraction of sp³-hybridized carbons (Fsp3) is 0.455. The lowest BCUT2D eigenvalue weighted by Crippen LogP contribution is -2.48. The second-order valence-electron chi connectivity index (χ2n) is 7.67. The van der Waals surface area contributed by atoms with E-state index in [1.807, 2.05) is 64.1 Å². The van der Waals surface area contributed by atoms with Gasteiger partial charge in [-0.05, 0) is 50.6 Å². The third-order valence-corrected chi connectivity index (χ3v) is 4.59. The predicted molar refractivity (Wildman–Crippen MR) is 109 cm³/mol. The van der Waals surface area contributed by atoms with Crippen molar-refractivity contribution in [2.24, 2.45) is 0 Å². The highest BCUT2D eigenvalue weighted by molar-refractivity contribution is 6.01. The standard InChI is InChI=1S/C22H28N2O4/c1-14(2)23-21(25)13-27-20-10-18-8-6-5-7-17(18)9-19(20)22(26)24-11-15(3)28-16(4)12-24/h5-10,14-16H,11-13H2,1-4H3,(H,23,25). The number of nitrogens with one attached hydrogen (secondary N) is 1. The van der Waals surface area contributed by atoms with Gasteiger partial charge in [-0.15, -0.1) is 0 Å². The third-order valence-electron chi connectivity index (χ3n) is 4.59. The molecule has 0 saturated carbocycles. The van der Waals surface area contributed by atoms with Crippen molar-refractivity contribution in [1.82, 2.24) is 10.2 Å². The van der Waals surface area contributed by atoms with Gasteiger partial charge in [0.25, 0.3) is 11.8 Å². The van der Waals surface area contributed by atoms with E-state index in [9.17, 15) is 9.59 Å². The van der Waals surface area contributed by atoms with Gasteiger partial charge in [-0.2, -0.15) is 0 Å². The van der Waals surface area contributed by atoms with Crippen LogP contribution >= 0.6 is 0 Å². The van der Waals surface area contributed by atoms with Gasteiger partial charge in [0.2, 0.25) is 0 Å². The van der Waals surface area contributed by atoms with Crippen molar-refractivity contribution < 1.29 is 19.1 Å². The van der Waals surface area contributed by atoms with E-state index < -0.39 is 0 Å². The van der Waals surface area contributed by atoms with E-state index in [0.29, 0.717) is 24.4 Å². The minimum atomic E-state index is -0.213.